The van der Waals surface area contributed by atoms with Gasteiger partial charge in [0, 0.05) is 23.7 Å². The van der Waals surface area contributed by atoms with Gasteiger partial charge in [0.2, 0.25) is 0 Å². The number of hydrogen-bond donors (Lipinski definition) is 0. The molecule has 27 heavy (non-hydrogen) atoms. The minimum Gasteiger partial charge on any atom is -0.331 e. The molecule has 4 rings (SSSR count). The highest BCUT2D eigenvalue weighted by molar-refractivity contribution is 6.31. The second-order valence-electron chi connectivity index (χ2n) is 7.31. The maximum absolute atomic E-state index is 13.0. The molecule has 4 nitrogen and oxygen atoms in total. The molecule has 5 heteroatoms. The van der Waals surface area contributed by atoms with Crippen molar-refractivity contribution in [3.05, 3.63) is 64.9 Å². The number of benzene rings is 2. The standard InChI is InChI=1S/C22H24ClN3O/c1-2-12-25(22(27)17-6-4-3-5-7-17)15-21-24-19-11-10-18(23)13-20(19)26(21)14-16-8-9-16/h3-7,10-11,13,16H,2,8-9,12,14-15H2,1H3. The molecule has 140 valence electrons. The molecule has 3 aromatic rings. The largest absolute Gasteiger partial charge is 0.331 e. The quantitative estimate of drug-likeness (QED) is 0.567. The van der Waals surface area contributed by atoms with E-state index in [1.807, 2.05) is 53.4 Å². The molecule has 1 saturated carbocycles. The van der Waals surface area contributed by atoms with E-state index in [0.29, 0.717) is 19.0 Å². The molecule has 0 spiro atoms. The maximum Gasteiger partial charge on any atom is 0.254 e. The number of hydrogen-bond acceptors (Lipinski definition) is 2. The van der Waals surface area contributed by atoms with Crippen LogP contribution in [0.2, 0.25) is 5.02 Å². The van der Waals surface area contributed by atoms with Crippen molar-refractivity contribution in [2.24, 2.45) is 5.92 Å². The lowest BCUT2D eigenvalue weighted by Crippen LogP contribution is -2.32. The maximum atomic E-state index is 13.0. The smallest absolute Gasteiger partial charge is 0.254 e. The third-order valence-corrected chi connectivity index (χ3v) is 5.30. The van der Waals surface area contributed by atoms with Crippen LogP contribution in [0.4, 0.5) is 0 Å². The Balaban J connectivity index is 1.68. The molecule has 0 bridgehead atoms. The summed E-state index contributed by atoms with van der Waals surface area (Å²) < 4.78 is 2.26. The molecular formula is C22H24ClN3O. The molecule has 2 aromatic carbocycles. The number of rotatable bonds is 7. The predicted molar refractivity (Wildman–Crippen MR) is 109 cm³/mol. The molecule has 1 heterocycles. The topological polar surface area (TPSA) is 38.1 Å². The van der Waals surface area contributed by atoms with Crippen LogP contribution < -0.4 is 0 Å². The predicted octanol–water partition coefficient (Wildman–Crippen LogP) is 5.15. The van der Waals surface area contributed by atoms with Gasteiger partial charge in [0.25, 0.3) is 5.91 Å². The number of fused-ring (bicyclic) bond motifs is 1. The van der Waals surface area contributed by atoms with E-state index in [1.54, 1.807) is 0 Å². The van der Waals surface area contributed by atoms with Crippen molar-refractivity contribution in [3.8, 4) is 0 Å². The fourth-order valence-electron chi connectivity index (χ4n) is 3.49. The summed E-state index contributed by atoms with van der Waals surface area (Å²) in [6.07, 6.45) is 3.44. The van der Waals surface area contributed by atoms with Gasteiger partial charge in [0.1, 0.15) is 5.82 Å². The van der Waals surface area contributed by atoms with Crippen molar-refractivity contribution in [2.45, 2.75) is 39.3 Å². The zero-order valence-corrected chi connectivity index (χ0v) is 16.3. The van der Waals surface area contributed by atoms with E-state index < -0.39 is 0 Å². The number of nitrogens with zero attached hydrogens (tertiary/aromatic N) is 3. The summed E-state index contributed by atoms with van der Waals surface area (Å²) in [5.41, 5.74) is 2.73. The van der Waals surface area contributed by atoms with Crippen LogP contribution in [0.15, 0.2) is 48.5 Å². The van der Waals surface area contributed by atoms with Crippen LogP contribution in [0, 0.1) is 5.92 Å². The van der Waals surface area contributed by atoms with Gasteiger partial charge in [-0.05, 0) is 55.5 Å². The van der Waals surface area contributed by atoms with E-state index >= 15 is 0 Å². The number of carbonyl (C=O) groups is 1. The van der Waals surface area contributed by atoms with Gasteiger partial charge in [-0.15, -0.1) is 0 Å². The minimum atomic E-state index is 0.0560. The highest BCUT2D eigenvalue weighted by Crippen LogP contribution is 2.33. The molecule has 1 aliphatic carbocycles. The number of carbonyl (C=O) groups excluding carboxylic acids is 1. The van der Waals surface area contributed by atoms with Crippen molar-refractivity contribution in [1.29, 1.82) is 0 Å². The monoisotopic (exact) mass is 381 g/mol. The van der Waals surface area contributed by atoms with Crippen LogP contribution in [-0.4, -0.2) is 26.9 Å². The zero-order valence-electron chi connectivity index (χ0n) is 15.6. The van der Waals surface area contributed by atoms with E-state index in [9.17, 15) is 4.79 Å². The van der Waals surface area contributed by atoms with Gasteiger partial charge in [0.15, 0.2) is 0 Å². The molecule has 0 unspecified atom stereocenters. The van der Waals surface area contributed by atoms with Crippen molar-refractivity contribution >= 4 is 28.5 Å². The summed E-state index contributed by atoms with van der Waals surface area (Å²) >= 11 is 6.23. The Bertz CT molecular complexity index is 947. The van der Waals surface area contributed by atoms with Crippen LogP contribution >= 0.6 is 11.6 Å². The summed E-state index contributed by atoms with van der Waals surface area (Å²) in [5, 5.41) is 0.719. The Morgan fingerprint density at radius 1 is 1.22 bits per heavy atom. The lowest BCUT2D eigenvalue weighted by molar-refractivity contribution is 0.0737. The number of imidazole rings is 1. The van der Waals surface area contributed by atoms with Crippen molar-refractivity contribution in [3.63, 3.8) is 0 Å². The third kappa shape index (κ3) is 4.01. The van der Waals surface area contributed by atoms with Gasteiger partial charge < -0.3 is 9.47 Å². The molecule has 0 saturated heterocycles. The van der Waals surface area contributed by atoms with Gasteiger partial charge >= 0.3 is 0 Å². The molecule has 1 fully saturated rings. The number of amides is 1. The van der Waals surface area contributed by atoms with E-state index in [4.69, 9.17) is 16.6 Å². The fourth-order valence-corrected chi connectivity index (χ4v) is 3.65. The number of aromatic nitrogens is 2. The Morgan fingerprint density at radius 2 is 2.00 bits per heavy atom. The average Bonchev–Trinajstić information content (AvgIpc) is 3.45. The van der Waals surface area contributed by atoms with E-state index in [-0.39, 0.29) is 5.91 Å². The molecule has 1 aliphatic rings. The van der Waals surface area contributed by atoms with Crippen LogP contribution in [0.3, 0.4) is 0 Å². The van der Waals surface area contributed by atoms with E-state index in [2.05, 4.69) is 11.5 Å². The highest BCUT2D eigenvalue weighted by Gasteiger charge is 2.26. The zero-order chi connectivity index (χ0) is 18.8. The first kappa shape index (κ1) is 18.1. The van der Waals surface area contributed by atoms with Crippen LogP contribution in [0.25, 0.3) is 11.0 Å². The molecule has 0 radical (unpaired) electrons. The van der Waals surface area contributed by atoms with Crippen LogP contribution in [-0.2, 0) is 13.1 Å². The van der Waals surface area contributed by atoms with Gasteiger partial charge in [-0.2, -0.15) is 0 Å². The van der Waals surface area contributed by atoms with Crippen LogP contribution in [0.5, 0.6) is 0 Å². The summed E-state index contributed by atoms with van der Waals surface area (Å²) in [4.78, 5) is 19.8. The van der Waals surface area contributed by atoms with Crippen LogP contribution in [0.1, 0.15) is 42.4 Å². The Morgan fingerprint density at radius 3 is 2.70 bits per heavy atom. The van der Waals surface area contributed by atoms with Crippen molar-refractivity contribution in [2.75, 3.05) is 6.54 Å². The molecule has 1 amide bonds. The first-order valence-electron chi connectivity index (χ1n) is 9.64. The Labute approximate surface area is 164 Å². The first-order chi connectivity index (χ1) is 13.2. The summed E-state index contributed by atoms with van der Waals surface area (Å²) in [6.45, 7) is 4.27. The summed E-state index contributed by atoms with van der Waals surface area (Å²) in [5.74, 6) is 1.71. The van der Waals surface area contributed by atoms with Gasteiger partial charge in [-0.3, -0.25) is 4.79 Å². The van der Waals surface area contributed by atoms with E-state index in [1.165, 1.54) is 12.8 Å². The Kier molecular flexibility index (Phi) is 5.17. The fraction of sp³-hybridized carbons (Fsp3) is 0.364. The van der Waals surface area contributed by atoms with Gasteiger partial charge in [-0.1, -0.05) is 36.7 Å². The molecule has 0 aliphatic heterocycles. The third-order valence-electron chi connectivity index (χ3n) is 5.06. The molecule has 0 N–H and O–H groups in total. The molecular weight excluding hydrogens is 358 g/mol. The summed E-state index contributed by atoms with van der Waals surface area (Å²) in [7, 11) is 0. The second kappa shape index (κ2) is 7.73. The lowest BCUT2D eigenvalue weighted by Gasteiger charge is -2.22. The first-order valence-corrected chi connectivity index (χ1v) is 10.0. The van der Waals surface area contributed by atoms with E-state index in [0.717, 1.165) is 40.4 Å². The highest BCUT2D eigenvalue weighted by atomic mass is 35.5. The minimum absolute atomic E-state index is 0.0560. The lowest BCUT2D eigenvalue weighted by atomic mass is 10.2. The molecule has 1 aromatic heterocycles. The molecule has 0 atom stereocenters. The average molecular weight is 382 g/mol. The van der Waals surface area contributed by atoms with Gasteiger partial charge in [0.05, 0.1) is 17.6 Å². The Hall–Kier alpha value is -2.33. The van der Waals surface area contributed by atoms with Gasteiger partial charge in [-0.25, -0.2) is 4.98 Å². The number of halogens is 1. The SMILES string of the molecule is CCCN(Cc1nc2ccc(Cl)cc2n1CC1CC1)C(=O)c1ccccc1. The second-order valence-corrected chi connectivity index (χ2v) is 7.74. The van der Waals surface area contributed by atoms with Crippen molar-refractivity contribution in [1.82, 2.24) is 14.5 Å². The van der Waals surface area contributed by atoms with Crippen molar-refractivity contribution < 1.29 is 4.79 Å². The summed E-state index contributed by atoms with van der Waals surface area (Å²) in [6, 6.07) is 15.3. The normalized spacial score (nSPS) is 13.9.